The summed E-state index contributed by atoms with van der Waals surface area (Å²) in [7, 11) is 0. The summed E-state index contributed by atoms with van der Waals surface area (Å²) in [6.07, 6.45) is 0.557. The first-order valence-electron chi connectivity index (χ1n) is 13.6. The van der Waals surface area contributed by atoms with Crippen LogP contribution in [0, 0.1) is 5.41 Å². The lowest BCUT2D eigenvalue weighted by Gasteiger charge is -2.48. The first-order valence-corrected chi connectivity index (χ1v) is 14.0. The zero-order valence-corrected chi connectivity index (χ0v) is 22.9. The van der Waals surface area contributed by atoms with E-state index in [0.717, 1.165) is 34.8 Å². The number of alkyl halides is 3. The third-order valence-electron chi connectivity index (χ3n) is 8.69. The zero-order chi connectivity index (χ0) is 28.2. The molecule has 0 saturated carbocycles. The van der Waals surface area contributed by atoms with E-state index in [1.165, 1.54) is 19.1 Å². The molecule has 40 heavy (non-hydrogen) atoms. The van der Waals surface area contributed by atoms with Gasteiger partial charge in [-0.25, -0.2) is 9.50 Å². The second-order valence-electron chi connectivity index (χ2n) is 11.0. The van der Waals surface area contributed by atoms with Gasteiger partial charge in [0.1, 0.15) is 0 Å². The molecule has 3 aliphatic rings. The maximum absolute atomic E-state index is 14.6. The number of carbonyl (C=O) groups is 2. The molecule has 0 bridgehead atoms. The molecule has 2 saturated heterocycles. The van der Waals surface area contributed by atoms with Gasteiger partial charge in [-0.2, -0.15) is 18.3 Å². The molecule has 2 amide bonds. The van der Waals surface area contributed by atoms with Gasteiger partial charge in [-0.05, 0) is 56.2 Å². The lowest BCUT2D eigenvalue weighted by Crippen LogP contribution is -2.56. The Balaban J connectivity index is 1.28. The third-order valence-corrected chi connectivity index (χ3v) is 8.88. The largest absolute Gasteiger partial charge is 0.413 e. The van der Waals surface area contributed by atoms with Crippen molar-refractivity contribution in [3.63, 3.8) is 0 Å². The van der Waals surface area contributed by atoms with Crippen LogP contribution < -0.4 is 4.90 Å². The van der Waals surface area contributed by atoms with Crippen molar-refractivity contribution in [2.24, 2.45) is 5.41 Å². The van der Waals surface area contributed by atoms with E-state index in [1.807, 2.05) is 4.90 Å². The van der Waals surface area contributed by atoms with Gasteiger partial charge in [0.05, 0.1) is 23.0 Å². The smallest absolute Gasteiger partial charge is 0.343 e. The van der Waals surface area contributed by atoms with E-state index >= 15 is 0 Å². The molecule has 0 aliphatic carbocycles. The number of nitrogens with zero attached hydrogens (tertiary/aromatic N) is 6. The van der Waals surface area contributed by atoms with Crippen LogP contribution in [0.3, 0.4) is 0 Å². The van der Waals surface area contributed by atoms with Crippen LogP contribution in [0.2, 0.25) is 5.15 Å². The minimum atomic E-state index is -4.64. The molecule has 0 N–H and O–H groups in total. The monoisotopic (exact) mass is 574 g/mol. The standard InChI is InChI=1S/C28H30ClF3N6O2/c1-18(39)35-14-10-27(11-15-35)9-3-13-37(26(27)40)25(28(30,31)32)19-5-7-20(8-6-19)36-12-2-4-21-22(36)17-33-24-16-23(29)34-38(21)24/h5-8,16-17,25H,2-4,9-15H2,1H3/t25-/m0/s1. The number of halogens is 4. The minimum absolute atomic E-state index is 0.0347. The Labute approximate surface area is 234 Å². The van der Waals surface area contributed by atoms with Crippen LogP contribution in [-0.2, 0) is 16.0 Å². The van der Waals surface area contributed by atoms with Crippen molar-refractivity contribution in [3.8, 4) is 0 Å². The number of aryl methyl sites for hydroxylation is 1. The molecule has 2 aromatic heterocycles. The molecule has 5 heterocycles. The Bertz CT molecular complexity index is 1450. The fraction of sp³-hybridized carbons (Fsp3) is 0.500. The summed E-state index contributed by atoms with van der Waals surface area (Å²) in [5.74, 6) is -0.528. The van der Waals surface area contributed by atoms with Crippen LogP contribution in [0.5, 0.6) is 0 Å². The average molecular weight is 575 g/mol. The Morgan fingerprint density at radius 2 is 1.77 bits per heavy atom. The molecule has 8 nitrogen and oxygen atoms in total. The third kappa shape index (κ3) is 4.57. The van der Waals surface area contributed by atoms with E-state index in [-0.39, 0.29) is 18.0 Å². The van der Waals surface area contributed by atoms with Crippen LogP contribution in [0.25, 0.3) is 5.65 Å². The number of likely N-dealkylation sites (tertiary alicyclic amines) is 2. The number of hydrogen-bond acceptors (Lipinski definition) is 5. The summed E-state index contributed by atoms with van der Waals surface area (Å²) in [6.45, 7) is 2.99. The summed E-state index contributed by atoms with van der Waals surface area (Å²) >= 11 is 6.08. The number of fused-ring (bicyclic) bond motifs is 3. The first kappa shape index (κ1) is 26.9. The van der Waals surface area contributed by atoms with Gasteiger partial charge in [-0.3, -0.25) is 9.59 Å². The molecule has 3 aliphatic heterocycles. The van der Waals surface area contributed by atoms with Crippen molar-refractivity contribution in [2.45, 2.75) is 57.7 Å². The number of carbonyl (C=O) groups excluding carboxylic acids is 2. The number of benzene rings is 1. The molecular weight excluding hydrogens is 545 g/mol. The average Bonchev–Trinajstić information content (AvgIpc) is 3.32. The maximum atomic E-state index is 14.6. The summed E-state index contributed by atoms with van der Waals surface area (Å²) in [4.78, 5) is 34.6. The van der Waals surface area contributed by atoms with Crippen LogP contribution in [0.15, 0.2) is 36.5 Å². The quantitative estimate of drug-likeness (QED) is 0.423. The van der Waals surface area contributed by atoms with Gasteiger partial charge in [-0.15, -0.1) is 0 Å². The van der Waals surface area contributed by atoms with Crippen molar-refractivity contribution < 1.29 is 22.8 Å². The van der Waals surface area contributed by atoms with Gasteiger partial charge in [0.15, 0.2) is 16.8 Å². The lowest BCUT2D eigenvalue weighted by molar-refractivity contribution is -0.202. The van der Waals surface area contributed by atoms with Crippen molar-refractivity contribution in [1.82, 2.24) is 24.4 Å². The van der Waals surface area contributed by atoms with Crippen molar-refractivity contribution >= 4 is 40.4 Å². The van der Waals surface area contributed by atoms with Crippen LogP contribution >= 0.6 is 11.6 Å². The predicted molar refractivity (Wildman–Crippen MR) is 143 cm³/mol. The SMILES string of the molecule is CC(=O)N1CCC2(CCCN([C@@H](c3ccc(N4CCCc5c4cnc4cc(Cl)nn54)cc3)C(F)(F)F)C2=O)CC1. The number of anilines is 2. The summed E-state index contributed by atoms with van der Waals surface area (Å²) in [5.41, 5.74) is 2.35. The van der Waals surface area contributed by atoms with E-state index in [1.54, 1.807) is 33.8 Å². The van der Waals surface area contributed by atoms with Crippen molar-refractivity contribution in [1.29, 1.82) is 0 Å². The second-order valence-corrected chi connectivity index (χ2v) is 11.4. The van der Waals surface area contributed by atoms with Crippen LogP contribution in [0.4, 0.5) is 24.5 Å². The van der Waals surface area contributed by atoms with E-state index in [2.05, 4.69) is 10.1 Å². The topological polar surface area (TPSA) is 74.1 Å². The van der Waals surface area contributed by atoms with E-state index in [0.29, 0.717) is 56.1 Å². The molecule has 2 fully saturated rings. The molecule has 1 spiro atoms. The predicted octanol–water partition coefficient (Wildman–Crippen LogP) is 5.32. The summed E-state index contributed by atoms with van der Waals surface area (Å²) < 4.78 is 45.5. The van der Waals surface area contributed by atoms with E-state index in [9.17, 15) is 22.8 Å². The molecular formula is C28H30ClF3N6O2. The second kappa shape index (κ2) is 9.94. The normalized spacial score (nSPS) is 20.2. The summed E-state index contributed by atoms with van der Waals surface area (Å²) in [5, 5.41) is 4.68. The molecule has 0 unspecified atom stereocenters. The summed E-state index contributed by atoms with van der Waals surface area (Å²) in [6, 6.07) is 5.97. The fourth-order valence-corrected chi connectivity index (χ4v) is 6.81. The lowest BCUT2D eigenvalue weighted by atomic mass is 9.71. The van der Waals surface area contributed by atoms with Crippen molar-refractivity contribution in [3.05, 3.63) is 52.9 Å². The van der Waals surface area contributed by atoms with Crippen molar-refractivity contribution in [2.75, 3.05) is 31.1 Å². The van der Waals surface area contributed by atoms with E-state index < -0.39 is 23.5 Å². The molecule has 212 valence electrons. The number of amides is 2. The molecule has 3 aromatic rings. The highest BCUT2D eigenvalue weighted by Crippen LogP contribution is 2.47. The Morgan fingerprint density at radius 3 is 2.45 bits per heavy atom. The minimum Gasteiger partial charge on any atom is -0.343 e. The molecule has 6 rings (SSSR count). The van der Waals surface area contributed by atoms with Crippen LogP contribution in [-0.4, -0.2) is 68.6 Å². The zero-order valence-electron chi connectivity index (χ0n) is 22.1. The molecule has 1 aromatic carbocycles. The molecule has 1 atom stereocenters. The van der Waals surface area contributed by atoms with E-state index in [4.69, 9.17) is 11.6 Å². The molecule has 12 heteroatoms. The van der Waals surface area contributed by atoms with Gasteiger partial charge >= 0.3 is 6.18 Å². The van der Waals surface area contributed by atoms with Crippen LogP contribution in [0.1, 0.15) is 56.3 Å². The number of piperidine rings is 2. The Morgan fingerprint density at radius 1 is 1.05 bits per heavy atom. The van der Waals surface area contributed by atoms with Gasteiger partial charge < -0.3 is 14.7 Å². The Hall–Kier alpha value is -3.34. The number of rotatable bonds is 3. The number of aromatic nitrogens is 3. The highest BCUT2D eigenvalue weighted by atomic mass is 35.5. The first-order chi connectivity index (χ1) is 19.1. The Kier molecular flexibility index (Phi) is 6.67. The maximum Gasteiger partial charge on any atom is 0.413 e. The van der Waals surface area contributed by atoms with Gasteiger partial charge in [0.25, 0.3) is 0 Å². The highest BCUT2D eigenvalue weighted by Gasteiger charge is 2.53. The fourth-order valence-electron chi connectivity index (χ4n) is 6.64. The highest BCUT2D eigenvalue weighted by molar-refractivity contribution is 6.29. The van der Waals surface area contributed by atoms with Gasteiger partial charge in [0.2, 0.25) is 11.8 Å². The number of hydrogen-bond donors (Lipinski definition) is 0. The molecule has 0 radical (unpaired) electrons. The van der Waals surface area contributed by atoms with Gasteiger partial charge in [0, 0.05) is 44.9 Å². The van der Waals surface area contributed by atoms with Gasteiger partial charge in [-0.1, -0.05) is 23.7 Å².